The van der Waals surface area contributed by atoms with E-state index in [9.17, 15) is 18.0 Å². The summed E-state index contributed by atoms with van der Waals surface area (Å²) in [7, 11) is 0. The Labute approximate surface area is 92.2 Å². The van der Waals surface area contributed by atoms with Crippen molar-refractivity contribution in [3.63, 3.8) is 0 Å². The van der Waals surface area contributed by atoms with Crippen molar-refractivity contribution in [3.8, 4) is 0 Å². The van der Waals surface area contributed by atoms with Crippen molar-refractivity contribution < 1.29 is 23.1 Å². The molecule has 0 unspecified atom stereocenters. The van der Waals surface area contributed by atoms with E-state index in [2.05, 4.69) is 0 Å². The van der Waals surface area contributed by atoms with Gasteiger partial charge in [-0.1, -0.05) is 23.2 Å². The van der Waals surface area contributed by atoms with Crippen LogP contribution in [0.2, 0.25) is 10.0 Å². The third kappa shape index (κ3) is 2.18. The van der Waals surface area contributed by atoms with E-state index in [-0.39, 0.29) is 0 Å². The van der Waals surface area contributed by atoms with Crippen molar-refractivity contribution in [3.05, 3.63) is 33.6 Å². The standard InChI is InChI=1S/C8H3Cl2F3O2/c9-5-2-3(11)1-4(6(5)10)8(12,13)7(14)15/h1-2H,(H,14,15). The van der Waals surface area contributed by atoms with Gasteiger partial charge in [0.25, 0.3) is 0 Å². The molecule has 0 saturated carbocycles. The smallest absolute Gasteiger partial charge is 0.379 e. The SMILES string of the molecule is O=C(O)C(F)(F)c1cc(F)cc(Cl)c1Cl. The number of carbonyl (C=O) groups is 1. The van der Waals surface area contributed by atoms with Crippen molar-refractivity contribution in [1.29, 1.82) is 0 Å². The van der Waals surface area contributed by atoms with E-state index in [0.717, 1.165) is 0 Å². The summed E-state index contributed by atoms with van der Waals surface area (Å²) in [6, 6.07) is 1.05. The zero-order valence-electron chi connectivity index (χ0n) is 6.90. The van der Waals surface area contributed by atoms with E-state index in [1.165, 1.54) is 0 Å². The normalized spacial score (nSPS) is 11.5. The number of hydrogen-bond acceptors (Lipinski definition) is 1. The van der Waals surface area contributed by atoms with Gasteiger partial charge in [-0.15, -0.1) is 0 Å². The van der Waals surface area contributed by atoms with Gasteiger partial charge in [0.15, 0.2) is 0 Å². The van der Waals surface area contributed by atoms with Crippen molar-refractivity contribution >= 4 is 29.2 Å². The molecular weight excluding hydrogens is 256 g/mol. The minimum absolute atomic E-state index is 0.336. The lowest BCUT2D eigenvalue weighted by molar-refractivity contribution is -0.166. The molecular formula is C8H3Cl2F3O2. The first-order valence-electron chi connectivity index (χ1n) is 3.53. The average molecular weight is 259 g/mol. The maximum atomic E-state index is 13.0. The highest BCUT2D eigenvalue weighted by Crippen LogP contribution is 2.37. The van der Waals surface area contributed by atoms with Crippen molar-refractivity contribution in [1.82, 2.24) is 0 Å². The molecule has 1 rings (SSSR count). The summed E-state index contributed by atoms with van der Waals surface area (Å²) >= 11 is 10.7. The van der Waals surface area contributed by atoms with Gasteiger partial charge < -0.3 is 5.11 Å². The van der Waals surface area contributed by atoms with Gasteiger partial charge in [0, 0.05) is 0 Å². The Morgan fingerprint density at radius 3 is 2.33 bits per heavy atom. The van der Waals surface area contributed by atoms with E-state index in [1.54, 1.807) is 0 Å². The molecule has 82 valence electrons. The number of benzene rings is 1. The average Bonchev–Trinajstić information content (AvgIpc) is 2.10. The summed E-state index contributed by atoms with van der Waals surface area (Å²) in [6.45, 7) is 0. The van der Waals surface area contributed by atoms with E-state index in [1.807, 2.05) is 0 Å². The second-order valence-corrected chi connectivity index (χ2v) is 3.41. The number of hydrogen-bond donors (Lipinski definition) is 1. The molecule has 0 atom stereocenters. The summed E-state index contributed by atoms with van der Waals surface area (Å²) in [5.74, 6) is -7.78. The highest BCUT2D eigenvalue weighted by atomic mass is 35.5. The summed E-state index contributed by atoms with van der Waals surface area (Å²) in [6.07, 6.45) is 0. The van der Waals surface area contributed by atoms with Crippen molar-refractivity contribution in [2.45, 2.75) is 5.92 Å². The highest BCUT2D eigenvalue weighted by Gasteiger charge is 2.43. The number of carboxylic acids is 1. The molecule has 1 aromatic rings. The predicted molar refractivity (Wildman–Crippen MR) is 47.9 cm³/mol. The summed E-state index contributed by atoms with van der Waals surface area (Å²) < 4.78 is 38.7. The summed E-state index contributed by atoms with van der Waals surface area (Å²) in [5, 5.41) is 7.09. The molecule has 0 saturated heterocycles. The number of aliphatic carboxylic acids is 1. The molecule has 0 bridgehead atoms. The first-order valence-corrected chi connectivity index (χ1v) is 4.28. The second kappa shape index (κ2) is 3.90. The summed E-state index contributed by atoms with van der Waals surface area (Å²) in [5.41, 5.74) is -1.17. The third-order valence-corrected chi connectivity index (χ3v) is 2.40. The van der Waals surface area contributed by atoms with Crippen LogP contribution < -0.4 is 0 Å². The topological polar surface area (TPSA) is 37.3 Å². The van der Waals surface area contributed by atoms with Crippen molar-refractivity contribution in [2.75, 3.05) is 0 Å². The van der Waals surface area contributed by atoms with E-state index in [0.29, 0.717) is 12.1 Å². The zero-order valence-corrected chi connectivity index (χ0v) is 8.41. The zero-order chi connectivity index (χ0) is 11.8. The monoisotopic (exact) mass is 258 g/mol. The van der Waals surface area contributed by atoms with E-state index >= 15 is 0 Å². The Kier molecular flexibility index (Phi) is 3.16. The Balaban J connectivity index is 3.43. The molecule has 0 aliphatic rings. The van der Waals surface area contributed by atoms with Crippen LogP contribution in [0.4, 0.5) is 13.2 Å². The maximum Gasteiger partial charge on any atom is 0.379 e. The lowest BCUT2D eigenvalue weighted by Crippen LogP contribution is -2.26. The molecule has 0 radical (unpaired) electrons. The van der Waals surface area contributed by atoms with Crippen LogP contribution in [-0.4, -0.2) is 11.1 Å². The van der Waals surface area contributed by atoms with Gasteiger partial charge in [-0.25, -0.2) is 9.18 Å². The van der Waals surface area contributed by atoms with Gasteiger partial charge in [0.1, 0.15) is 5.82 Å². The number of rotatable bonds is 2. The maximum absolute atomic E-state index is 13.0. The first-order chi connectivity index (χ1) is 6.76. The van der Waals surface area contributed by atoms with Gasteiger partial charge >= 0.3 is 11.9 Å². The molecule has 0 spiro atoms. The molecule has 0 heterocycles. The van der Waals surface area contributed by atoms with Crippen LogP contribution >= 0.6 is 23.2 Å². The fraction of sp³-hybridized carbons (Fsp3) is 0.125. The minimum Gasteiger partial charge on any atom is -0.477 e. The van der Waals surface area contributed by atoms with Crippen LogP contribution in [-0.2, 0) is 10.7 Å². The first kappa shape index (κ1) is 12.1. The molecule has 7 heteroatoms. The second-order valence-electron chi connectivity index (χ2n) is 2.63. The van der Waals surface area contributed by atoms with Gasteiger partial charge in [-0.2, -0.15) is 8.78 Å². The predicted octanol–water partition coefficient (Wildman–Crippen LogP) is 3.31. The van der Waals surface area contributed by atoms with Crippen molar-refractivity contribution in [2.24, 2.45) is 0 Å². The largest absolute Gasteiger partial charge is 0.477 e. The molecule has 15 heavy (non-hydrogen) atoms. The Morgan fingerprint density at radius 2 is 1.87 bits per heavy atom. The quantitative estimate of drug-likeness (QED) is 0.827. The lowest BCUT2D eigenvalue weighted by Gasteiger charge is -2.13. The van der Waals surface area contributed by atoms with Crippen LogP contribution in [0.5, 0.6) is 0 Å². The molecule has 0 fully saturated rings. The van der Waals surface area contributed by atoms with Gasteiger partial charge in [-0.05, 0) is 12.1 Å². The van der Waals surface area contributed by atoms with Gasteiger partial charge in [-0.3, -0.25) is 0 Å². The van der Waals surface area contributed by atoms with Crippen LogP contribution in [0.3, 0.4) is 0 Å². The van der Waals surface area contributed by atoms with Crippen LogP contribution in [0.25, 0.3) is 0 Å². The Hall–Kier alpha value is -0.940. The van der Waals surface area contributed by atoms with Gasteiger partial charge in [0.2, 0.25) is 0 Å². The van der Waals surface area contributed by atoms with Crippen LogP contribution in [0, 0.1) is 5.82 Å². The molecule has 0 aromatic heterocycles. The van der Waals surface area contributed by atoms with Crippen LogP contribution in [0.1, 0.15) is 5.56 Å². The fourth-order valence-electron chi connectivity index (χ4n) is 0.900. The molecule has 1 aromatic carbocycles. The molecule has 1 N–H and O–H groups in total. The Morgan fingerprint density at radius 1 is 1.33 bits per heavy atom. The van der Waals surface area contributed by atoms with E-state index in [4.69, 9.17) is 28.3 Å². The minimum atomic E-state index is -4.27. The lowest BCUT2D eigenvalue weighted by atomic mass is 10.1. The summed E-state index contributed by atoms with van der Waals surface area (Å²) in [4.78, 5) is 10.2. The molecule has 2 nitrogen and oxygen atoms in total. The number of halogens is 5. The Bertz CT molecular complexity index is 421. The number of carboxylic acid groups (broad SMARTS) is 1. The van der Waals surface area contributed by atoms with E-state index < -0.39 is 33.3 Å². The van der Waals surface area contributed by atoms with Gasteiger partial charge in [0.05, 0.1) is 15.6 Å². The molecule has 0 amide bonds. The molecule has 0 aliphatic carbocycles. The fourth-order valence-corrected chi connectivity index (χ4v) is 1.33. The van der Waals surface area contributed by atoms with Crippen LogP contribution in [0.15, 0.2) is 12.1 Å². The molecule has 0 aliphatic heterocycles. The third-order valence-electron chi connectivity index (χ3n) is 1.60. The number of alkyl halides is 2. The highest BCUT2D eigenvalue weighted by molar-refractivity contribution is 6.42.